The highest BCUT2D eigenvalue weighted by atomic mass is 32.2. The summed E-state index contributed by atoms with van der Waals surface area (Å²) in [6.45, 7) is 0.387. The number of benzene rings is 3. The lowest BCUT2D eigenvalue weighted by Crippen LogP contribution is -2.24. The van der Waals surface area contributed by atoms with E-state index < -0.39 is 17.6 Å². The van der Waals surface area contributed by atoms with E-state index in [1.54, 1.807) is 11.8 Å². The molecular formula is C27H24F3N3OS. The van der Waals surface area contributed by atoms with E-state index in [9.17, 15) is 18.0 Å². The number of hydrogen-bond acceptors (Lipinski definition) is 3. The van der Waals surface area contributed by atoms with Crippen LogP contribution in [0.25, 0.3) is 22.5 Å². The molecule has 0 fully saturated rings. The summed E-state index contributed by atoms with van der Waals surface area (Å²) in [5, 5.41) is 3.51. The summed E-state index contributed by atoms with van der Waals surface area (Å²) in [7, 11) is 0. The fourth-order valence-electron chi connectivity index (χ4n) is 3.58. The number of carbonyl (C=O) groups excluding carboxylic acids is 1. The van der Waals surface area contributed by atoms with E-state index in [-0.39, 0.29) is 5.56 Å². The van der Waals surface area contributed by atoms with Gasteiger partial charge in [-0.25, -0.2) is 4.98 Å². The molecule has 0 aliphatic rings. The maximum atomic E-state index is 12.8. The molecule has 4 aromatic rings. The van der Waals surface area contributed by atoms with Crippen molar-refractivity contribution in [3.05, 3.63) is 96.1 Å². The first-order valence-electron chi connectivity index (χ1n) is 11.2. The molecule has 4 nitrogen and oxygen atoms in total. The standard InChI is InChI=1S/C27H24F3N3OS/c28-27(29,30)22-15-9-14-21(18-22)25(34)31-16-7-8-17-35-26-32-23(19-10-3-1-4-11-19)24(33-26)20-12-5-2-6-13-20/h1-6,9-15,18H,7-8,16-17H2,(H,31,34)(H,32,33). The summed E-state index contributed by atoms with van der Waals surface area (Å²) in [5.74, 6) is 0.282. The number of aromatic amines is 1. The minimum absolute atomic E-state index is 0.00617. The lowest BCUT2D eigenvalue weighted by atomic mass is 10.1. The summed E-state index contributed by atoms with van der Waals surface area (Å²) in [6.07, 6.45) is -2.95. The first kappa shape index (κ1) is 24.6. The number of aromatic nitrogens is 2. The van der Waals surface area contributed by atoms with Gasteiger partial charge >= 0.3 is 6.18 Å². The zero-order valence-electron chi connectivity index (χ0n) is 18.8. The highest BCUT2D eigenvalue weighted by Gasteiger charge is 2.30. The van der Waals surface area contributed by atoms with Gasteiger partial charge in [0.05, 0.1) is 17.0 Å². The average Bonchev–Trinajstić information content (AvgIpc) is 3.31. The van der Waals surface area contributed by atoms with E-state index in [4.69, 9.17) is 4.98 Å². The van der Waals surface area contributed by atoms with Crippen molar-refractivity contribution in [2.24, 2.45) is 0 Å². The number of halogens is 3. The van der Waals surface area contributed by atoms with Crippen molar-refractivity contribution >= 4 is 17.7 Å². The summed E-state index contributed by atoms with van der Waals surface area (Å²) in [4.78, 5) is 20.4. The fraction of sp³-hybridized carbons (Fsp3) is 0.185. The number of alkyl halides is 3. The molecule has 0 atom stereocenters. The monoisotopic (exact) mass is 495 g/mol. The molecule has 1 amide bonds. The molecule has 0 bridgehead atoms. The van der Waals surface area contributed by atoms with Gasteiger partial charge in [-0.15, -0.1) is 0 Å². The highest BCUT2D eigenvalue weighted by molar-refractivity contribution is 7.99. The third kappa shape index (κ3) is 6.54. The van der Waals surface area contributed by atoms with Gasteiger partial charge in [-0.1, -0.05) is 78.5 Å². The zero-order chi connectivity index (χ0) is 24.7. The van der Waals surface area contributed by atoms with Crippen LogP contribution in [0.4, 0.5) is 13.2 Å². The second-order valence-electron chi connectivity index (χ2n) is 7.89. The topological polar surface area (TPSA) is 57.8 Å². The highest BCUT2D eigenvalue weighted by Crippen LogP contribution is 2.33. The Bertz CT molecular complexity index is 1200. The molecule has 4 rings (SSSR count). The molecular weight excluding hydrogens is 471 g/mol. The zero-order valence-corrected chi connectivity index (χ0v) is 19.6. The van der Waals surface area contributed by atoms with E-state index in [1.165, 1.54) is 12.1 Å². The number of imidazole rings is 1. The van der Waals surface area contributed by atoms with Gasteiger partial charge in [0.2, 0.25) is 0 Å². The van der Waals surface area contributed by atoms with E-state index >= 15 is 0 Å². The summed E-state index contributed by atoms with van der Waals surface area (Å²) >= 11 is 1.60. The average molecular weight is 496 g/mol. The molecule has 1 heterocycles. The fourth-order valence-corrected chi connectivity index (χ4v) is 4.45. The van der Waals surface area contributed by atoms with Gasteiger partial charge in [0, 0.05) is 29.0 Å². The SMILES string of the molecule is O=C(NCCCCSc1nc(-c2ccccc2)c(-c2ccccc2)[nH]1)c1cccc(C(F)(F)F)c1. The van der Waals surface area contributed by atoms with Gasteiger partial charge in [0.1, 0.15) is 0 Å². The molecule has 35 heavy (non-hydrogen) atoms. The van der Waals surface area contributed by atoms with Crippen molar-refractivity contribution < 1.29 is 18.0 Å². The third-order valence-corrected chi connectivity index (χ3v) is 6.30. The number of rotatable bonds is 9. The van der Waals surface area contributed by atoms with Gasteiger partial charge in [-0.2, -0.15) is 13.2 Å². The van der Waals surface area contributed by atoms with Crippen LogP contribution in [0.5, 0.6) is 0 Å². The van der Waals surface area contributed by atoms with Crippen LogP contribution in [0.15, 0.2) is 90.1 Å². The Labute approximate surface area is 206 Å². The van der Waals surface area contributed by atoms with E-state index in [0.29, 0.717) is 13.0 Å². The molecule has 0 saturated heterocycles. The van der Waals surface area contributed by atoms with Crippen LogP contribution in [0.2, 0.25) is 0 Å². The van der Waals surface area contributed by atoms with Crippen molar-refractivity contribution in [3.63, 3.8) is 0 Å². The van der Waals surface area contributed by atoms with Gasteiger partial charge in [0.15, 0.2) is 5.16 Å². The maximum Gasteiger partial charge on any atom is 0.416 e. The number of carbonyl (C=O) groups is 1. The van der Waals surface area contributed by atoms with Gasteiger partial charge in [-0.05, 0) is 31.0 Å². The molecule has 0 spiro atoms. The summed E-state index contributed by atoms with van der Waals surface area (Å²) in [6, 6.07) is 24.5. The van der Waals surface area contributed by atoms with Crippen LogP contribution in [-0.4, -0.2) is 28.2 Å². The van der Waals surface area contributed by atoms with E-state index in [2.05, 4.69) is 10.3 Å². The third-order valence-electron chi connectivity index (χ3n) is 5.34. The van der Waals surface area contributed by atoms with Crippen molar-refractivity contribution in [3.8, 4) is 22.5 Å². The molecule has 1 aromatic heterocycles. The van der Waals surface area contributed by atoms with Crippen molar-refractivity contribution in [1.29, 1.82) is 0 Å². The minimum Gasteiger partial charge on any atom is -0.352 e. The number of unbranched alkanes of at least 4 members (excludes halogenated alkanes) is 1. The first-order valence-corrected chi connectivity index (χ1v) is 12.2. The molecule has 0 radical (unpaired) electrons. The van der Waals surface area contributed by atoms with Crippen molar-refractivity contribution in [2.45, 2.75) is 24.2 Å². The van der Waals surface area contributed by atoms with Gasteiger partial charge in [-0.3, -0.25) is 4.79 Å². The number of amides is 1. The molecule has 8 heteroatoms. The smallest absolute Gasteiger partial charge is 0.352 e. The van der Waals surface area contributed by atoms with Crippen LogP contribution in [-0.2, 0) is 6.18 Å². The van der Waals surface area contributed by atoms with Crippen molar-refractivity contribution in [1.82, 2.24) is 15.3 Å². The molecule has 0 unspecified atom stereocenters. The number of nitrogens with zero attached hydrogens (tertiary/aromatic N) is 1. The summed E-state index contributed by atoms with van der Waals surface area (Å²) < 4.78 is 38.5. The van der Waals surface area contributed by atoms with Crippen LogP contribution in [0, 0.1) is 0 Å². The van der Waals surface area contributed by atoms with Crippen LogP contribution in [0.3, 0.4) is 0 Å². The van der Waals surface area contributed by atoms with Crippen LogP contribution in [0.1, 0.15) is 28.8 Å². The second-order valence-corrected chi connectivity index (χ2v) is 8.97. The predicted octanol–water partition coefficient (Wildman–Crippen LogP) is 7.06. The first-order chi connectivity index (χ1) is 16.9. The molecule has 0 saturated carbocycles. The molecule has 0 aliphatic heterocycles. The normalized spacial score (nSPS) is 11.4. The number of H-pyrrole nitrogens is 1. The number of nitrogens with one attached hydrogen (secondary N) is 2. The Kier molecular flexibility index (Phi) is 7.92. The quantitative estimate of drug-likeness (QED) is 0.193. The minimum atomic E-state index is -4.47. The molecule has 180 valence electrons. The van der Waals surface area contributed by atoms with Gasteiger partial charge < -0.3 is 10.3 Å². The largest absolute Gasteiger partial charge is 0.416 e. The Balaban J connectivity index is 1.30. The van der Waals surface area contributed by atoms with E-state index in [0.717, 1.165) is 52.0 Å². The number of hydrogen-bond donors (Lipinski definition) is 2. The van der Waals surface area contributed by atoms with Crippen molar-refractivity contribution in [2.75, 3.05) is 12.3 Å². The summed E-state index contributed by atoms with van der Waals surface area (Å²) in [5.41, 5.74) is 3.13. The lowest BCUT2D eigenvalue weighted by molar-refractivity contribution is -0.137. The molecule has 3 aromatic carbocycles. The second kappa shape index (κ2) is 11.3. The Morgan fingerprint density at radius 2 is 1.57 bits per heavy atom. The van der Waals surface area contributed by atoms with E-state index in [1.807, 2.05) is 60.7 Å². The number of thioether (sulfide) groups is 1. The lowest BCUT2D eigenvalue weighted by Gasteiger charge is -2.09. The Morgan fingerprint density at radius 1 is 0.886 bits per heavy atom. The van der Waals surface area contributed by atoms with Gasteiger partial charge in [0.25, 0.3) is 5.91 Å². The molecule has 0 aliphatic carbocycles. The van der Waals surface area contributed by atoms with Crippen LogP contribution >= 0.6 is 11.8 Å². The molecule has 2 N–H and O–H groups in total. The van der Waals surface area contributed by atoms with Crippen LogP contribution < -0.4 is 5.32 Å². The predicted molar refractivity (Wildman–Crippen MR) is 133 cm³/mol. The Morgan fingerprint density at radius 3 is 2.26 bits per heavy atom. The Hall–Kier alpha value is -3.52. The maximum absolute atomic E-state index is 12.8.